The van der Waals surface area contributed by atoms with Gasteiger partial charge in [0.1, 0.15) is 0 Å². The Balaban J connectivity index is 2.51. The van der Waals surface area contributed by atoms with E-state index in [2.05, 4.69) is 11.8 Å². The van der Waals surface area contributed by atoms with E-state index in [1.165, 1.54) is 38.5 Å². The van der Waals surface area contributed by atoms with Crippen molar-refractivity contribution in [3.63, 3.8) is 0 Å². The lowest BCUT2D eigenvalue weighted by Crippen LogP contribution is -2.46. The lowest BCUT2D eigenvalue weighted by Gasteiger charge is -2.39. The summed E-state index contributed by atoms with van der Waals surface area (Å²) < 4.78 is 0. The van der Waals surface area contributed by atoms with Crippen LogP contribution in [-0.4, -0.2) is 42.3 Å². The molecule has 0 heterocycles. The molecular formula is C13H28N2O. The molecule has 1 saturated carbocycles. The summed E-state index contributed by atoms with van der Waals surface area (Å²) in [6.07, 6.45) is 7.66. The van der Waals surface area contributed by atoms with Crippen LogP contribution in [-0.2, 0) is 0 Å². The molecule has 3 N–H and O–H groups in total. The van der Waals surface area contributed by atoms with Gasteiger partial charge in [-0.25, -0.2) is 0 Å². The molecular weight excluding hydrogens is 200 g/mol. The molecule has 0 aromatic carbocycles. The lowest BCUT2D eigenvalue weighted by molar-refractivity contribution is 0.0851. The van der Waals surface area contributed by atoms with Gasteiger partial charge in [-0.1, -0.05) is 26.2 Å². The van der Waals surface area contributed by atoms with Gasteiger partial charge < -0.3 is 10.8 Å². The maximum atomic E-state index is 9.15. The highest BCUT2D eigenvalue weighted by atomic mass is 16.3. The van der Waals surface area contributed by atoms with Gasteiger partial charge in [0, 0.05) is 12.6 Å². The Morgan fingerprint density at radius 3 is 2.62 bits per heavy atom. The molecule has 0 amide bonds. The summed E-state index contributed by atoms with van der Waals surface area (Å²) >= 11 is 0. The van der Waals surface area contributed by atoms with Crippen molar-refractivity contribution in [1.82, 2.24) is 4.90 Å². The fourth-order valence-corrected chi connectivity index (χ4v) is 2.88. The monoisotopic (exact) mass is 228 g/mol. The molecule has 1 fully saturated rings. The summed E-state index contributed by atoms with van der Waals surface area (Å²) in [5, 5.41) is 9.15. The minimum absolute atomic E-state index is 0.275. The highest BCUT2D eigenvalue weighted by molar-refractivity contribution is 4.83. The Kier molecular flexibility index (Phi) is 7.01. The molecule has 3 nitrogen and oxygen atoms in total. The predicted molar refractivity (Wildman–Crippen MR) is 68.4 cm³/mol. The lowest BCUT2D eigenvalue weighted by atomic mass is 9.83. The summed E-state index contributed by atoms with van der Waals surface area (Å²) in [4.78, 5) is 2.47. The van der Waals surface area contributed by atoms with Gasteiger partial charge in [-0.2, -0.15) is 0 Å². The van der Waals surface area contributed by atoms with Crippen LogP contribution < -0.4 is 5.73 Å². The standard InChI is InChI=1S/C13H28N2O/c1-2-3-8-15(9-10-16)13-7-5-4-6-12(13)11-14/h12-13,16H,2-11,14H2,1H3. The summed E-state index contributed by atoms with van der Waals surface area (Å²) in [6, 6.07) is 0.623. The van der Waals surface area contributed by atoms with Gasteiger partial charge in [-0.05, 0) is 38.3 Å². The molecule has 3 heteroatoms. The summed E-state index contributed by atoms with van der Waals surface area (Å²) in [5.74, 6) is 0.650. The van der Waals surface area contributed by atoms with Crippen LogP contribution in [0, 0.1) is 5.92 Å². The first-order chi connectivity index (χ1) is 7.83. The Hall–Kier alpha value is -0.120. The van der Waals surface area contributed by atoms with Crippen molar-refractivity contribution >= 4 is 0 Å². The molecule has 1 rings (SSSR count). The van der Waals surface area contributed by atoms with Crippen molar-refractivity contribution in [3.05, 3.63) is 0 Å². The van der Waals surface area contributed by atoms with Crippen molar-refractivity contribution in [2.45, 2.75) is 51.5 Å². The second-order valence-corrected chi connectivity index (χ2v) is 4.96. The zero-order valence-corrected chi connectivity index (χ0v) is 10.7. The maximum absolute atomic E-state index is 9.15. The zero-order chi connectivity index (χ0) is 11.8. The van der Waals surface area contributed by atoms with Crippen LogP contribution in [0.2, 0.25) is 0 Å². The van der Waals surface area contributed by atoms with E-state index in [9.17, 15) is 0 Å². The number of hydrogen-bond acceptors (Lipinski definition) is 3. The maximum Gasteiger partial charge on any atom is 0.0558 e. The smallest absolute Gasteiger partial charge is 0.0558 e. The normalized spacial score (nSPS) is 26.2. The second kappa shape index (κ2) is 8.04. The Morgan fingerprint density at radius 2 is 2.00 bits per heavy atom. The first kappa shape index (κ1) is 13.9. The van der Waals surface area contributed by atoms with Gasteiger partial charge in [0.2, 0.25) is 0 Å². The van der Waals surface area contributed by atoms with Crippen LogP contribution in [0.5, 0.6) is 0 Å². The van der Waals surface area contributed by atoms with E-state index in [1.54, 1.807) is 0 Å². The highest BCUT2D eigenvalue weighted by Crippen LogP contribution is 2.27. The number of rotatable bonds is 7. The Labute approximate surface area is 100 Å². The molecule has 0 spiro atoms. The van der Waals surface area contributed by atoms with E-state index in [1.807, 2.05) is 0 Å². The molecule has 16 heavy (non-hydrogen) atoms. The second-order valence-electron chi connectivity index (χ2n) is 4.96. The Bertz CT molecular complexity index is 175. The molecule has 0 saturated heterocycles. The third-order valence-electron chi connectivity index (χ3n) is 3.83. The van der Waals surface area contributed by atoms with Gasteiger partial charge in [0.05, 0.1) is 6.61 Å². The van der Waals surface area contributed by atoms with Gasteiger partial charge in [-0.15, -0.1) is 0 Å². The third-order valence-corrected chi connectivity index (χ3v) is 3.83. The van der Waals surface area contributed by atoms with Crippen LogP contribution in [0.3, 0.4) is 0 Å². The van der Waals surface area contributed by atoms with Crippen molar-refractivity contribution in [1.29, 1.82) is 0 Å². The van der Waals surface area contributed by atoms with Crippen LogP contribution in [0.4, 0.5) is 0 Å². The van der Waals surface area contributed by atoms with E-state index < -0.39 is 0 Å². The fourth-order valence-electron chi connectivity index (χ4n) is 2.88. The van der Waals surface area contributed by atoms with Crippen LogP contribution in [0.15, 0.2) is 0 Å². The van der Waals surface area contributed by atoms with Crippen LogP contribution >= 0.6 is 0 Å². The quantitative estimate of drug-likeness (QED) is 0.696. The minimum atomic E-state index is 0.275. The first-order valence-corrected chi connectivity index (χ1v) is 6.88. The molecule has 2 atom stereocenters. The number of unbranched alkanes of at least 4 members (excludes halogenated alkanes) is 1. The number of nitrogens with two attached hydrogens (primary N) is 1. The number of aliphatic hydroxyl groups is 1. The molecule has 0 aromatic rings. The van der Waals surface area contributed by atoms with Crippen molar-refractivity contribution in [2.75, 3.05) is 26.2 Å². The van der Waals surface area contributed by atoms with Crippen molar-refractivity contribution in [3.8, 4) is 0 Å². The van der Waals surface area contributed by atoms with Crippen LogP contribution in [0.25, 0.3) is 0 Å². The largest absolute Gasteiger partial charge is 0.395 e. The van der Waals surface area contributed by atoms with Gasteiger partial charge in [0.15, 0.2) is 0 Å². The summed E-state index contributed by atoms with van der Waals surface area (Å²) in [7, 11) is 0. The van der Waals surface area contributed by atoms with Gasteiger partial charge in [-0.3, -0.25) is 4.90 Å². The summed E-state index contributed by atoms with van der Waals surface area (Å²) in [6.45, 7) is 5.24. The molecule has 2 unspecified atom stereocenters. The molecule has 1 aliphatic carbocycles. The van der Waals surface area contributed by atoms with Crippen molar-refractivity contribution < 1.29 is 5.11 Å². The molecule has 0 aliphatic heterocycles. The number of aliphatic hydroxyl groups excluding tert-OH is 1. The Morgan fingerprint density at radius 1 is 1.25 bits per heavy atom. The highest BCUT2D eigenvalue weighted by Gasteiger charge is 2.28. The average molecular weight is 228 g/mol. The molecule has 96 valence electrons. The minimum Gasteiger partial charge on any atom is -0.395 e. The number of hydrogen-bond donors (Lipinski definition) is 2. The molecule has 0 radical (unpaired) electrons. The van der Waals surface area contributed by atoms with Gasteiger partial charge >= 0.3 is 0 Å². The van der Waals surface area contributed by atoms with E-state index in [0.29, 0.717) is 12.0 Å². The predicted octanol–water partition coefficient (Wildman–Crippen LogP) is 1.60. The van der Waals surface area contributed by atoms with E-state index in [-0.39, 0.29) is 6.61 Å². The topological polar surface area (TPSA) is 49.5 Å². The van der Waals surface area contributed by atoms with Crippen molar-refractivity contribution in [2.24, 2.45) is 11.7 Å². The number of nitrogens with zero attached hydrogens (tertiary/aromatic N) is 1. The van der Waals surface area contributed by atoms with E-state index >= 15 is 0 Å². The fraction of sp³-hybridized carbons (Fsp3) is 1.00. The third kappa shape index (κ3) is 4.04. The molecule has 1 aliphatic rings. The first-order valence-electron chi connectivity index (χ1n) is 6.88. The van der Waals surface area contributed by atoms with E-state index in [4.69, 9.17) is 10.8 Å². The SMILES string of the molecule is CCCCN(CCO)C1CCCCC1CN. The van der Waals surface area contributed by atoms with E-state index in [0.717, 1.165) is 19.6 Å². The summed E-state index contributed by atoms with van der Waals surface area (Å²) in [5.41, 5.74) is 5.87. The zero-order valence-electron chi connectivity index (χ0n) is 10.7. The molecule has 0 aromatic heterocycles. The van der Waals surface area contributed by atoms with Crippen LogP contribution in [0.1, 0.15) is 45.4 Å². The van der Waals surface area contributed by atoms with Gasteiger partial charge in [0.25, 0.3) is 0 Å². The molecule has 0 bridgehead atoms. The average Bonchev–Trinajstić information content (AvgIpc) is 2.34.